The predicted octanol–water partition coefficient (Wildman–Crippen LogP) is 1.75. The second-order valence-electron chi connectivity index (χ2n) is 5.11. The third kappa shape index (κ3) is 7.18. The monoisotopic (exact) mass is 245 g/mol. The second-order valence-corrected chi connectivity index (χ2v) is 5.11. The van der Waals surface area contributed by atoms with Crippen LogP contribution in [-0.2, 0) is 4.74 Å². The highest BCUT2D eigenvalue weighted by Gasteiger charge is 2.24. The van der Waals surface area contributed by atoms with E-state index in [1.165, 1.54) is 0 Å². The Hall–Kier alpha value is -0.810. The molecule has 0 aliphatic carbocycles. The van der Waals surface area contributed by atoms with Crippen molar-refractivity contribution in [1.82, 2.24) is 15.8 Å². The van der Waals surface area contributed by atoms with Crippen molar-refractivity contribution in [1.29, 1.82) is 0 Å². The lowest BCUT2D eigenvalue weighted by molar-refractivity contribution is 0.0174. The van der Waals surface area contributed by atoms with Crippen LogP contribution in [0.5, 0.6) is 0 Å². The fraction of sp³-hybridized carbons (Fsp3) is 0.917. The van der Waals surface area contributed by atoms with Crippen molar-refractivity contribution in [3.05, 3.63) is 0 Å². The van der Waals surface area contributed by atoms with Gasteiger partial charge in [0.25, 0.3) is 0 Å². The number of rotatable bonds is 6. The maximum atomic E-state index is 12.0. The second kappa shape index (κ2) is 7.50. The number of hydrazine groups is 1. The lowest BCUT2D eigenvalue weighted by Gasteiger charge is -2.31. The molecule has 0 aromatic carbocycles. The van der Waals surface area contributed by atoms with Crippen LogP contribution in [0, 0.1) is 0 Å². The first kappa shape index (κ1) is 16.2. The topological polar surface area (TPSA) is 53.6 Å². The lowest BCUT2D eigenvalue weighted by Crippen LogP contribution is -2.46. The molecule has 17 heavy (non-hydrogen) atoms. The zero-order valence-corrected chi connectivity index (χ0v) is 12.0. The normalized spacial score (nSPS) is 13.3. The van der Waals surface area contributed by atoms with E-state index in [0.29, 0.717) is 13.1 Å². The van der Waals surface area contributed by atoms with Gasteiger partial charge in [-0.05, 0) is 41.2 Å². The van der Waals surface area contributed by atoms with Crippen molar-refractivity contribution in [3.63, 3.8) is 0 Å². The molecule has 0 saturated carbocycles. The highest BCUT2D eigenvalue weighted by atomic mass is 16.6. The zero-order chi connectivity index (χ0) is 13.5. The summed E-state index contributed by atoms with van der Waals surface area (Å²) in [5.41, 5.74) is 5.37. The summed E-state index contributed by atoms with van der Waals surface area (Å²) in [5.74, 6) is 0. The van der Waals surface area contributed by atoms with E-state index in [-0.39, 0.29) is 12.1 Å². The van der Waals surface area contributed by atoms with Crippen LogP contribution in [0.15, 0.2) is 0 Å². The molecule has 0 radical (unpaired) electrons. The van der Waals surface area contributed by atoms with E-state index < -0.39 is 5.60 Å². The number of carbonyl (C=O) groups excluding carboxylic acids is 1. The van der Waals surface area contributed by atoms with Crippen LogP contribution in [0.1, 0.15) is 41.0 Å². The Labute approximate surface area is 105 Å². The van der Waals surface area contributed by atoms with Crippen LogP contribution >= 0.6 is 0 Å². The molecular formula is C12H27N3O2. The summed E-state index contributed by atoms with van der Waals surface area (Å²) in [5, 5.41) is 0. The van der Waals surface area contributed by atoms with Gasteiger partial charge in [-0.15, -0.1) is 0 Å². The molecule has 1 unspecified atom stereocenters. The predicted molar refractivity (Wildman–Crippen MR) is 69.8 cm³/mol. The summed E-state index contributed by atoms with van der Waals surface area (Å²) in [7, 11) is 1.81. The molecule has 1 atom stereocenters. The summed E-state index contributed by atoms with van der Waals surface area (Å²) in [6.45, 7) is 11.1. The maximum Gasteiger partial charge on any atom is 0.410 e. The molecule has 0 aromatic heterocycles. The number of ether oxygens (including phenoxy) is 1. The van der Waals surface area contributed by atoms with E-state index in [1.54, 1.807) is 11.9 Å². The summed E-state index contributed by atoms with van der Waals surface area (Å²) < 4.78 is 5.39. The smallest absolute Gasteiger partial charge is 0.410 e. The molecular weight excluding hydrogens is 218 g/mol. The van der Waals surface area contributed by atoms with Crippen LogP contribution in [-0.4, -0.2) is 42.8 Å². The van der Waals surface area contributed by atoms with E-state index in [1.807, 2.05) is 27.7 Å². The number of nitrogens with zero attached hydrogens (tertiary/aromatic N) is 1. The summed E-state index contributed by atoms with van der Waals surface area (Å²) >= 11 is 0. The number of amides is 1. The molecule has 102 valence electrons. The molecule has 0 aromatic rings. The van der Waals surface area contributed by atoms with Gasteiger partial charge >= 0.3 is 6.09 Å². The molecule has 5 nitrogen and oxygen atoms in total. The fourth-order valence-electron chi connectivity index (χ4n) is 1.33. The Kier molecular flexibility index (Phi) is 7.15. The molecule has 0 aliphatic heterocycles. The van der Waals surface area contributed by atoms with E-state index in [0.717, 1.165) is 6.42 Å². The van der Waals surface area contributed by atoms with E-state index >= 15 is 0 Å². The highest BCUT2D eigenvalue weighted by Crippen LogP contribution is 2.12. The summed E-state index contributed by atoms with van der Waals surface area (Å²) in [6.07, 6.45) is 0.670. The minimum Gasteiger partial charge on any atom is -0.444 e. The summed E-state index contributed by atoms with van der Waals surface area (Å²) in [6, 6.07) is 0.184. The average molecular weight is 245 g/mol. The molecule has 0 heterocycles. The van der Waals surface area contributed by atoms with Crippen LogP contribution < -0.4 is 10.9 Å². The highest BCUT2D eigenvalue weighted by molar-refractivity contribution is 5.68. The van der Waals surface area contributed by atoms with E-state index in [9.17, 15) is 4.79 Å². The Morgan fingerprint density at radius 2 is 2.00 bits per heavy atom. The number of hydrogen-bond acceptors (Lipinski definition) is 4. The van der Waals surface area contributed by atoms with Gasteiger partial charge in [-0.3, -0.25) is 10.9 Å². The number of nitrogens with one attached hydrogen (secondary N) is 2. The van der Waals surface area contributed by atoms with Crippen molar-refractivity contribution in [2.24, 2.45) is 0 Å². The Balaban J connectivity index is 4.40. The van der Waals surface area contributed by atoms with Gasteiger partial charge in [0.1, 0.15) is 5.60 Å². The first-order valence-electron chi connectivity index (χ1n) is 6.21. The third-order valence-electron chi connectivity index (χ3n) is 2.41. The van der Waals surface area contributed by atoms with Gasteiger partial charge in [-0.25, -0.2) is 4.79 Å². The van der Waals surface area contributed by atoms with Crippen LogP contribution in [0.2, 0.25) is 0 Å². The molecule has 5 heteroatoms. The van der Waals surface area contributed by atoms with Crippen LogP contribution in [0.25, 0.3) is 0 Å². The van der Waals surface area contributed by atoms with Gasteiger partial charge in [-0.2, -0.15) is 0 Å². The lowest BCUT2D eigenvalue weighted by atomic mass is 10.2. The van der Waals surface area contributed by atoms with Gasteiger partial charge in [0.2, 0.25) is 0 Å². The zero-order valence-electron chi connectivity index (χ0n) is 12.0. The summed E-state index contributed by atoms with van der Waals surface area (Å²) in [4.78, 5) is 13.8. The Bertz CT molecular complexity index is 226. The van der Waals surface area contributed by atoms with Gasteiger partial charge < -0.3 is 9.64 Å². The van der Waals surface area contributed by atoms with Gasteiger partial charge in [0.15, 0.2) is 0 Å². The SMILES string of the molecule is CCC(C)N(CCNNC)C(=O)OC(C)(C)C. The van der Waals surface area contributed by atoms with Crippen molar-refractivity contribution in [3.8, 4) is 0 Å². The molecule has 2 N–H and O–H groups in total. The minimum atomic E-state index is -0.445. The first-order valence-corrected chi connectivity index (χ1v) is 6.21. The minimum absolute atomic E-state index is 0.184. The van der Waals surface area contributed by atoms with Gasteiger partial charge in [0.05, 0.1) is 0 Å². The Morgan fingerprint density at radius 1 is 1.41 bits per heavy atom. The van der Waals surface area contributed by atoms with Gasteiger partial charge in [0, 0.05) is 19.1 Å². The standard InChI is InChI=1S/C12H27N3O2/c1-7-10(2)15(9-8-14-13-6)11(16)17-12(3,4)5/h10,13-14H,7-9H2,1-6H3. The average Bonchev–Trinajstić information content (AvgIpc) is 2.20. The van der Waals surface area contributed by atoms with Crippen molar-refractivity contribution >= 4 is 6.09 Å². The fourth-order valence-corrected chi connectivity index (χ4v) is 1.33. The Morgan fingerprint density at radius 3 is 2.41 bits per heavy atom. The molecule has 1 amide bonds. The molecule has 0 saturated heterocycles. The molecule has 0 bridgehead atoms. The van der Waals surface area contributed by atoms with Crippen molar-refractivity contribution < 1.29 is 9.53 Å². The third-order valence-corrected chi connectivity index (χ3v) is 2.41. The van der Waals surface area contributed by atoms with Crippen LogP contribution in [0.4, 0.5) is 4.79 Å². The van der Waals surface area contributed by atoms with E-state index in [2.05, 4.69) is 17.8 Å². The van der Waals surface area contributed by atoms with E-state index in [4.69, 9.17) is 4.74 Å². The van der Waals surface area contributed by atoms with Crippen molar-refractivity contribution in [2.75, 3.05) is 20.1 Å². The number of carbonyl (C=O) groups is 1. The first-order chi connectivity index (χ1) is 7.81. The quantitative estimate of drug-likeness (QED) is 0.553. The molecule has 0 rings (SSSR count). The number of hydrogen-bond donors (Lipinski definition) is 2. The largest absolute Gasteiger partial charge is 0.444 e. The molecule has 0 fully saturated rings. The van der Waals surface area contributed by atoms with Crippen molar-refractivity contribution in [2.45, 2.75) is 52.7 Å². The molecule has 0 aliphatic rings. The maximum absolute atomic E-state index is 12.0. The van der Waals surface area contributed by atoms with Crippen LogP contribution in [0.3, 0.4) is 0 Å². The van der Waals surface area contributed by atoms with Gasteiger partial charge in [-0.1, -0.05) is 6.92 Å². The molecule has 0 spiro atoms.